The van der Waals surface area contributed by atoms with Gasteiger partial charge < -0.3 is 4.74 Å². The quantitative estimate of drug-likeness (QED) is 0.802. The number of anilines is 1. The summed E-state index contributed by atoms with van der Waals surface area (Å²) in [7, 11) is 0. The molecule has 1 aliphatic heterocycles. The van der Waals surface area contributed by atoms with Crippen molar-refractivity contribution in [3.63, 3.8) is 0 Å². The van der Waals surface area contributed by atoms with Crippen molar-refractivity contribution in [3.05, 3.63) is 5.82 Å². The van der Waals surface area contributed by atoms with E-state index in [1.54, 1.807) is 0 Å². The van der Waals surface area contributed by atoms with E-state index in [2.05, 4.69) is 28.7 Å². The molecule has 0 radical (unpaired) electrons. The van der Waals surface area contributed by atoms with Crippen molar-refractivity contribution in [1.82, 2.24) is 9.36 Å². The van der Waals surface area contributed by atoms with Gasteiger partial charge in [0.05, 0.1) is 13.2 Å². The van der Waals surface area contributed by atoms with Crippen LogP contribution < -0.4 is 5.48 Å². The summed E-state index contributed by atoms with van der Waals surface area (Å²) >= 11 is 1.33. The van der Waals surface area contributed by atoms with Crippen LogP contribution in [0.25, 0.3) is 0 Å². The molecule has 5 nitrogen and oxygen atoms in total. The van der Waals surface area contributed by atoms with E-state index in [9.17, 15) is 0 Å². The summed E-state index contributed by atoms with van der Waals surface area (Å²) in [6.45, 7) is 6.46. The molecule has 1 atom stereocenters. The molecule has 0 aliphatic carbocycles. The largest absolute Gasteiger partial charge is 0.381 e. The van der Waals surface area contributed by atoms with Crippen molar-refractivity contribution in [2.24, 2.45) is 5.92 Å². The third kappa shape index (κ3) is 3.13. The molecular weight excluding hydrogens is 226 g/mol. The second-order valence-corrected chi connectivity index (χ2v) is 5.01. The number of nitrogens with one attached hydrogen (secondary N) is 1. The maximum atomic E-state index is 5.37. The molecule has 0 aromatic carbocycles. The zero-order valence-corrected chi connectivity index (χ0v) is 10.4. The number of hydrogen-bond donors (Lipinski definition) is 1. The molecule has 16 heavy (non-hydrogen) atoms. The molecular formula is C10H17N3O2S. The normalized spacial score (nSPS) is 20.6. The van der Waals surface area contributed by atoms with Gasteiger partial charge in [-0.1, -0.05) is 13.8 Å². The van der Waals surface area contributed by atoms with E-state index < -0.39 is 0 Å². The van der Waals surface area contributed by atoms with Crippen molar-refractivity contribution in [3.8, 4) is 0 Å². The summed E-state index contributed by atoms with van der Waals surface area (Å²) in [6.07, 6.45) is 1.08. The second-order valence-electron chi connectivity index (χ2n) is 4.26. The molecule has 0 saturated carbocycles. The molecule has 2 rings (SSSR count). The maximum Gasteiger partial charge on any atom is 0.226 e. The molecule has 0 spiro atoms. The number of aromatic nitrogens is 2. The van der Waals surface area contributed by atoms with Gasteiger partial charge in [-0.15, -0.1) is 0 Å². The van der Waals surface area contributed by atoms with Crippen LogP contribution in [0.1, 0.15) is 32.0 Å². The Kier molecular flexibility index (Phi) is 4.09. The minimum Gasteiger partial charge on any atom is -0.381 e. The van der Waals surface area contributed by atoms with Gasteiger partial charge in [-0.05, 0) is 6.42 Å². The maximum absolute atomic E-state index is 5.37. The highest BCUT2D eigenvalue weighted by Gasteiger charge is 2.16. The van der Waals surface area contributed by atoms with E-state index in [-0.39, 0.29) is 0 Å². The molecule has 1 unspecified atom stereocenters. The lowest BCUT2D eigenvalue weighted by Crippen LogP contribution is -2.12. The van der Waals surface area contributed by atoms with E-state index in [4.69, 9.17) is 9.57 Å². The van der Waals surface area contributed by atoms with Gasteiger partial charge in [0.25, 0.3) is 0 Å². The lowest BCUT2D eigenvalue weighted by molar-refractivity contribution is 0.127. The molecule has 1 saturated heterocycles. The number of nitrogens with zero attached hydrogens (tertiary/aromatic N) is 2. The van der Waals surface area contributed by atoms with Gasteiger partial charge in [-0.3, -0.25) is 4.84 Å². The van der Waals surface area contributed by atoms with Crippen LogP contribution >= 0.6 is 11.5 Å². The summed E-state index contributed by atoms with van der Waals surface area (Å²) in [6, 6.07) is 0. The van der Waals surface area contributed by atoms with Crippen molar-refractivity contribution in [2.45, 2.75) is 26.2 Å². The molecule has 1 aromatic rings. The summed E-state index contributed by atoms with van der Waals surface area (Å²) < 4.78 is 9.49. The monoisotopic (exact) mass is 243 g/mol. The summed E-state index contributed by atoms with van der Waals surface area (Å²) in [5.41, 5.74) is 2.84. The van der Waals surface area contributed by atoms with Gasteiger partial charge in [0.15, 0.2) is 0 Å². The molecule has 0 bridgehead atoms. The highest BCUT2D eigenvalue weighted by molar-refractivity contribution is 7.09. The summed E-state index contributed by atoms with van der Waals surface area (Å²) in [5.74, 6) is 1.72. The Balaban J connectivity index is 1.72. The molecule has 1 fully saturated rings. The fourth-order valence-electron chi connectivity index (χ4n) is 1.45. The van der Waals surface area contributed by atoms with Crippen LogP contribution in [0.15, 0.2) is 0 Å². The first-order valence-corrected chi connectivity index (χ1v) is 6.32. The molecule has 1 N–H and O–H groups in total. The van der Waals surface area contributed by atoms with Crippen molar-refractivity contribution in [1.29, 1.82) is 0 Å². The Labute approximate surface area is 99.3 Å². The third-order valence-electron chi connectivity index (χ3n) is 2.46. The fourth-order valence-corrected chi connectivity index (χ4v) is 2.11. The Hall–Kier alpha value is -0.720. The smallest absolute Gasteiger partial charge is 0.226 e. The van der Waals surface area contributed by atoms with Crippen LogP contribution in [-0.2, 0) is 9.57 Å². The zero-order valence-electron chi connectivity index (χ0n) is 9.60. The lowest BCUT2D eigenvalue weighted by atomic mass is 10.1. The highest BCUT2D eigenvalue weighted by Crippen LogP contribution is 2.18. The van der Waals surface area contributed by atoms with Crippen LogP contribution in [-0.4, -0.2) is 29.2 Å². The fraction of sp³-hybridized carbons (Fsp3) is 0.800. The van der Waals surface area contributed by atoms with Crippen molar-refractivity contribution < 1.29 is 9.57 Å². The van der Waals surface area contributed by atoms with E-state index in [1.807, 2.05) is 0 Å². The number of hydrogen-bond acceptors (Lipinski definition) is 6. The summed E-state index contributed by atoms with van der Waals surface area (Å²) in [4.78, 5) is 9.69. The first-order chi connectivity index (χ1) is 7.75. The first-order valence-electron chi connectivity index (χ1n) is 5.55. The second kappa shape index (κ2) is 5.56. The summed E-state index contributed by atoms with van der Waals surface area (Å²) in [5, 5.41) is 0.725. The molecule has 1 aliphatic rings. The Bertz CT molecular complexity index is 324. The lowest BCUT2D eigenvalue weighted by Gasteiger charge is -2.07. The number of rotatable bonds is 5. The van der Waals surface area contributed by atoms with Crippen LogP contribution in [0, 0.1) is 5.92 Å². The van der Waals surface area contributed by atoms with Crippen molar-refractivity contribution in [2.75, 3.05) is 25.3 Å². The standard InChI is InChI=1S/C10H17N3O2S/c1-7(2)9-11-10(16-13-9)12-15-6-8-3-4-14-5-8/h7-8H,3-6H2,1-2H3,(H,11,12,13). The Morgan fingerprint density at radius 3 is 3.12 bits per heavy atom. The minimum absolute atomic E-state index is 0.357. The van der Waals surface area contributed by atoms with Crippen LogP contribution in [0.2, 0.25) is 0 Å². The topological polar surface area (TPSA) is 56.3 Å². The first kappa shape index (κ1) is 11.8. The van der Waals surface area contributed by atoms with E-state index in [0.717, 1.165) is 30.6 Å². The van der Waals surface area contributed by atoms with Gasteiger partial charge in [0.2, 0.25) is 5.13 Å². The molecule has 2 heterocycles. The van der Waals surface area contributed by atoms with Crippen LogP contribution in [0.5, 0.6) is 0 Å². The Morgan fingerprint density at radius 1 is 1.62 bits per heavy atom. The van der Waals surface area contributed by atoms with Gasteiger partial charge >= 0.3 is 0 Å². The van der Waals surface area contributed by atoms with E-state index >= 15 is 0 Å². The SMILES string of the molecule is CC(C)c1nsc(NOCC2CCOC2)n1. The van der Waals surface area contributed by atoms with Crippen molar-refractivity contribution >= 4 is 16.7 Å². The van der Waals surface area contributed by atoms with Gasteiger partial charge in [0.1, 0.15) is 5.82 Å². The van der Waals surface area contributed by atoms with E-state index in [1.165, 1.54) is 11.5 Å². The van der Waals surface area contributed by atoms with Crippen LogP contribution in [0.3, 0.4) is 0 Å². The predicted octanol–water partition coefficient (Wildman–Crippen LogP) is 2.04. The Morgan fingerprint density at radius 2 is 2.50 bits per heavy atom. The average Bonchev–Trinajstić information content (AvgIpc) is 2.87. The van der Waals surface area contributed by atoms with Gasteiger partial charge in [-0.25, -0.2) is 10.5 Å². The molecule has 6 heteroatoms. The van der Waals surface area contributed by atoms with E-state index in [0.29, 0.717) is 18.4 Å². The highest BCUT2D eigenvalue weighted by atomic mass is 32.1. The molecule has 0 amide bonds. The zero-order chi connectivity index (χ0) is 11.4. The number of ether oxygens (including phenoxy) is 1. The van der Waals surface area contributed by atoms with Crippen LogP contribution in [0.4, 0.5) is 5.13 Å². The molecule has 90 valence electrons. The molecule has 1 aromatic heterocycles. The van der Waals surface area contributed by atoms with Gasteiger partial charge in [0, 0.05) is 30.0 Å². The predicted molar refractivity (Wildman–Crippen MR) is 62.5 cm³/mol. The minimum atomic E-state index is 0.357. The van der Waals surface area contributed by atoms with Gasteiger partial charge in [-0.2, -0.15) is 4.37 Å². The average molecular weight is 243 g/mol. The third-order valence-corrected chi connectivity index (χ3v) is 3.09.